The van der Waals surface area contributed by atoms with E-state index in [1.807, 2.05) is 11.8 Å². The lowest BCUT2D eigenvalue weighted by Crippen LogP contribution is -2.45. The lowest BCUT2D eigenvalue weighted by atomic mass is 9.96. The van der Waals surface area contributed by atoms with Crippen LogP contribution in [0.5, 0.6) is 0 Å². The Morgan fingerprint density at radius 2 is 1.96 bits per heavy atom. The van der Waals surface area contributed by atoms with Gasteiger partial charge in [0, 0.05) is 26.1 Å². The molecule has 1 heterocycles. The standard InChI is InChI=1S/C19H26N2O4/c1-2-4-17(22)21-12-3-5-16(13-21)18(23)20-11-10-14-6-8-15(9-7-14)19(24)25/h6-9,16H,2-5,10-13H2,1H3,(H,20,23)(H,24,25). The normalized spacial score (nSPS) is 17.2. The van der Waals surface area contributed by atoms with Crippen LogP contribution in [0, 0.1) is 5.92 Å². The molecule has 6 heteroatoms. The number of carbonyl (C=O) groups is 3. The van der Waals surface area contributed by atoms with Crippen molar-refractivity contribution in [3.63, 3.8) is 0 Å². The smallest absolute Gasteiger partial charge is 0.335 e. The fourth-order valence-electron chi connectivity index (χ4n) is 3.08. The molecule has 0 radical (unpaired) electrons. The zero-order valence-corrected chi connectivity index (χ0v) is 14.7. The third kappa shape index (κ3) is 5.59. The molecule has 136 valence electrons. The Kier molecular flexibility index (Phi) is 6.98. The van der Waals surface area contributed by atoms with Crippen molar-refractivity contribution in [3.8, 4) is 0 Å². The number of benzene rings is 1. The van der Waals surface area contributed by atoms with Gasteiger partial charge in [-0.05, 0) is 43.4 Å². The van der Waals surface area contributed by atoms with Crippen LogP contribution >= 0.6 is 0 Å². The maximum atomic E-state index is 12.3. The van der Waals surface area contributed by atoms with Crippen molar-refractivity contribution < 1.29 is 19.5 Å². The summed E-state index contributed by atoms with van der Waals surface area (Å²) in [5.74, 6) is -0.946. The summed E-state index contributed by atoms with van der Waals surface area (Å²) in [6, 6.07) is 6.67. The lowest BCUT2D eigenvalue weighted by molar-refractivity contribution is -0.135. The van der Waals surface area contributed by atoms with Crippen LogP contribution in [0.25, 0.3) is 0 Å². The third-order valence-corrected chi connectivity index (χ3v) is 4.52. The summed E-state index contributed by atoms with van der Waals surface area (Å²) < 4.78 is 0. The number of amides is 2. The van der Waals surface area contributed by atoms with Gasteiger partial charge in [0.2, 0.25) is 11.8 Å². The van der Waals surface area contributed by atoms with Gasteiger partial charge in [-0.1, -0.05) is 19.1 Å². The zero-order valence-electron chi connectivity index (χ0n) is 14.7. The van der Waals surface area contributed by atoms with E-state index in [0.717, 1.165) is 31.4 Å². The van der Waals surface area contributed by atoms with E-state index >= 15 is 0 Å². The van der Waals surface area contributed by atoms with Crippen molar-refractivity contribution in [1.29, 1.82) is 0 Å². The van der Waals surface area contributed by atoms with E-state index in [2.05, 4.69) is 5.32 Å². The number of aromatic carboxylic acids is 1. The number of carboxylic acid groups (broad SMARTS) is 1. The topological polar surface area (TPSA) is 86.7 Å². The Morgan fingerprint density at radius 1 is 1.24 bits per heavy atom. The number of carbonyl (C=O) groups excluding carboxylic acids is 2. The van der Waals surface area contributed by atoms with E-state index in [0.29, 0.717) is 25.9 Å². The number of hydrogen-bond acceptors (Lipinski definition) is 3. The van der Waals surface area contributed by atoms with E-state index in [1.54, 1.807) is 24.3 Å². The Bertz CT molecular complexity index is 612. The van der Waals surface area contributed by atoms with Crippen LogP contribution in [0.15, 0.2) is 24.3 Å². The Labute approximate surface area is 148 Å². The quantitative estimate of drug-likeness (QED) is 0.791. The highest BCUT2D eigenvalue weighted by atomic mass is 16.4. The zero-order chi connectivity index (χ0) is 18.2. The lowest BCUT2D eigenvalue weighted by Gasteiger charge is -2.32. The maximum Gasteiger partial charge on any atom is 0.335 e. The molecule has 1 aliphatic rings. The van der Waals surface area contributed by atoms with Crippen molar-refractivity contribution in [2.45, 2.75) is 39.0 Å². The highest BCUT2D eigenvalue weighted by Gasteiger charge is 2.27. The summed E-state index contributed by atoms with van der Waals surface area (Å²) in [5, 5.41) is 11.8. The summed E-state index contributed by atoms with van der Waals surface area (Å²) >= 11 is 0. The van der Waals surface area contributed by atoms with Gasteiger partial charge in [0.25, 0.3) is 0 Å². The molecular formula is C19H26N2O4. The second-order valence-corrected chi connectivity index (χ2v) is 6.47. The predicted molar refractivity (Wildman–Crippen MR) is 94.3 cm³/mol. The molecule has 0 aliphatic carbocycles. The molecule has 1 fully saturated rings. The van der Waals surface area contributed by atoms with Crippen LogP contribution < -0.4 is 5.32 Å². The van der Waals surface area contributed by atoms with Gasteiger partial charge in [-0.15, -0.1) is 0 Å². The number of likely N-dealkylation sites (tertiary alicyclic amines) is 1. The number of piperidine rings is 1. The molecule has 2 rings (SSSR count). The Morgan fingerprint density at radius 3 is 2.60 bits per heavy atom. The summed E-state index contributed by atoms with van der Waals surface area (Å²) in [7, 11) is 0. The second kappa shape index (κ2) is 9.20. The van der Waals surface area contributed by atoms with Crippen LogP contribution in [-0.4, -0.2) is 47.4 Å². The fourth-order valence-corrected chi connectivity index (χ4v) is 3.08. The molecular weight excluding hydrogens is 320 g/mol. The maximum absolute atomic E-state index is 12.3. The minimum absolute atomic E-state index is 0.00356. The fraction of sp³-hybridized carbons (Fsp3) is 0.526. The molecule has 2 amide bonds. The van der Waals surface area contributed by atoms with Crippen LogP contribution in [0.3, 0.4) is 0 Å². The minimum atomic E-state index is -0.945. The summed E-state index contributed by atoms with van der Waals surface area (Å²) in [5.41, 5.74) is 1.24. The van der Waals surface area contributed by atoms with Crippen LogP contribution in [0.1, 0.15) is 48.5 Å². The molecule has 6 nitrogen and oxygen atoms in total. The van der Waals surface area contributed by atoms with Crippen molar-refractivity contribution in [1.82, 2.24) is 10.2 Å². The van der Waals surface area contributed by atoms with Gasteiger partial charge in [0.1, 0.15) is 0 Å². The highest BCUT2D eigenvalue weighted by molar-refractivity contribution is 5.87. The molecule has 1 saturated heterocycles. The predicted octanol–water partition coefficient (Wildman–Crippen LogP) is 2.08. The number of carboxylic acids is 1. The molecule has 0 saturated carbocycles. The molecule has 2 N–H and O–H groups in total. The minimum Gasteiger partial charge on any atom is -0.478 e. The molecule has 0 aromatic heterocycles. The molecule has 1 aliphatic heterocycles. The first-order valence-electron chi connectivity index (χ1n) is 8.89. The number of hydrogen-bond donors (Lipinski definition) is 2. The number of nitrogens with zero attached hydrogens (tertiary/aromatic N) is 1. The monoisotopic (exact) mass is 346 g/mol. The molecule has 1 aromatic rings. The molecule has 0 spiro atoms. The van der Waals surface area contributed by atoms with E-state index < -0.39 is 5.97 Å². The largest absolute Gasteiger partial charge is 0.478 e. The van der Waals surface area contributed by atoms with Crippen molar-refractivity contribution in [2.24, 2.45) is 5.92 Å². The Balaban J connectivity index is 1.77. The van der Waals surface area contributed by atoms with Gasteiger partial charge < -0.3 is 15.3 Å². The number of nitrogens with one attached hydrogen (secondary N) is 1. The van der Waals surface area contributed by atoms with E-state index in [9.17, 15) is 14.4 Å². The average molecular weight is 346 g/mol. The second-order valence-electron chi connectivity index (χ2n) is 6.47. The van der Waals surface area contributed by atoms with Crippen LogP contribution in [0.2, 0.25) is 0 Å². The third-order valence-electron chi connectivity index (χ3n) is 4.52. The van der Waals surface area contributed by atoms with E-state index in [-0.39, 0.29) is 23.3 Å². The van der Waals surface area contributed by atoms with Gasteiger partial charge in [0.15, 0.2) is 0 Å². The van der Waals surface area contributed by atoms with Crippen LogP contribution in [0.4, 0.5) is 0 Å². The summed E-state index contributed by atoms with van der Waals surface area (Å²) in [6.45, 7) is 3.75. The van der Waals surface area contributed by atoms with Gasteiger partial charge in [-0.2, -0.15) is 0 Å². The van der Waals surface area contributed by atoms with Crippen molar-refractivity contribution in [2.75, 3.05) is 19.6 Å². The van der Waals surface area contributed by atoms with Gasteiger partial charge in [-0.3, -0.25) is 9.59 Å². The van der Waals surface area contributed by atoms with Gasteiger partial charge in [-0.25, -0.2) is 4.79 Å². The Hall–Kier alpha value is -2.37. The first-order valence-corrected chi connectivity index (χ1v) is 8.89. The first kappa shape index (κ1) is 19.0. The van der Waals surface area contributed by atoms with E-state index in [1.165, 1.54) is 0 Å². The SMILES string of the molecule is CCCC(=O)N1CCCC(C(=O)NCCc2ccc(C(=O)O)cc2)C1. The van der Waals surface area contributed by atoms with E-state index in [4.69, 9.17) is 5.11 Å². The molecule has 25 heavy (non-hydrogen) atoms. The highest BCUT2D eigenvalue weighted by Crippen LogP contribution is 2.17. The summed E-state index contributed by atoms with van der Waals surface area (Å²) in [4.78, 5) is 37.0. The molecule has 1 aromatic carbocycles. The molecule has 0 bridgehead atoms. The van der Waals surface area contributed by atoms with Crippen molar-refractivity contribution in [3.05, 3.63) is 35.4 Å². The average Bonchev–Trinajstić information content (AvgIpc) is 2.62. The van der Waals surface area contributed by atoms with Gasteiger partial charge in [0.05, 0.1) is 11.5 Å². The van der Waals surface area contributed by atoms with Gasteiger partial charge >= 0.3 is 5.97 Å². The molecule has 1 atom stereocenters. The summed E-state index contributed by atoms with van der Waals surface area (Å²) in [6.07, 6.45) is 3.70. The first-order chi connectivity index (χ1) is 12.0. The number of rotatable bonds is 7. The van der Waals surface area contributed by atoms with Crippen molar-refractivity contribution >= 4 is 17.8 Å². The van der Waals surface area contributed by atoms with Crippen LogP contribution in [-0.2, 0) is 16.0 Å². The molecule has 1 unspecified atom stereocenters.